The van der Waals surface area contributed by atoms with E-state index in [0.717, 1.165) is 0 Å². The number of hydrogen-bond acceptors (Lipinski definition) is 4. The molecule has 6 heteroatoms. The molecule has 0 radical (unpaired) electrons. The Morgan fingerprint density at radius 3 is 2.81 bits per heavy atom. The summed E-state index contributed by atoms with van der Waals surface area (Å²) in [6.45, 7) is 3.56. The molecule has 0 bridgehead atoms. The van der Waals surface area contributed by atoms with Crippen LogP contribution in [0.25, 0.3) is 0 Å². The number of aromatic nitrogens is 1. The van der Waals surface area contributed by atoms with Crippen LogP contribution in [0.4, 0.5) is 5.69 Å². The monoisotopic (exact) mass is 288 g/mol. The molecular weight excluding hydrogens is 276 g/mol. The third kappa shape index (κ3) is 2.76. The van der Waals surface area contributed by atoms with Crippen LogP contribution < -0.4 is 0 Å². The summed E-state index contributed by atoms with van der Waals surface area (Å²) in [5.74, 6) is -0.349. The lowest BCUT2D eigenvalue weighted by Gasteiger charge is -2.16. The first kappa shape index (κ1) is 13.1. The van der Waals surface area contributed by atoms with Crippen LogP contribution >= 0.6 is 15.9 Å². The molecule has 0 saturated carbocycles. The zero-order chi connectivity index (χ0) is 12.3. The molecule has 0 aromatic carbocycles. The topological polar surface area (TPSA) is 76.3 Å². The fourth-order valence-electron chi connectivity index (χ4n) is 1.47. The van der Waals surface area contributed by atoms with Crippen molar-refractivity contribution in [2.24, 2.45) is 0 Å². The first-order valence-corrected chi connectivity index (χ1v) is 5.74. The molecule has 1 aromatic rings. The largest absolute Gasteiger partial charge is 0.392 e. The summed E-state index contributed by atoms with van der Waals surface area (Å²) in [5, 5.41) is 20.5. The van der Waals surface area contributed by atoms with Crippen LogP contribution in [-0.2, 0) is 0 Å². The van der Waals surface area contributed by atoms with Gasteiger partial charge in [0, 0.05) is 22.7 Å². The lowest BCUT2D eigenvalue weighted by atomic mass is 9.97. The molecular formula is C10H13BrN2O3. The number of nitro groups is 1. The van der Waals surface area contributed by atoms with Crippen LogP contribution in [0.15, 0.2) is 16.7 Å². The van der Waals surface area contributed by atoms with E-state index in [9.17, 15) is 15.2 Å². The summed E-state index contributed by atoms with van der Waals surface area (Å²) in [5.41, 5.74) is 0.261. The van der Waals surface area contributed by atoms with Gasteiger partial charge in [0.15, 0.2) is 0 Å². The van der Waals surface area contributed by atoms with E-state index in [1.807, 2.05) is 6.92 Å². The number of halogens is 1. The van der Waals surface area contributed by atoms with Crippen LogP contribution in [-0.4, -0.2) is 21.1 Å². The van der Waals surface area contributed by atoms with E-state index >= 15 is 0 Å². The van der Waals surface area contributed by atoms with Crippen molar-refractivity contribution in [1.82, 2.24) is 4.98 Å². The van der Waals surface area contributed by atoms with Gasteiger partial charge < -0.3 is 5.11 Å². The Kier molecular flexibility index (Phi) is 4.37. The van der Waals surface area contributed by atoms with E-state index in [-0.39, 0.29) is 11.6 Å². The van der Waals surface area contributed by atoms with Gasteiger partial charge in [-0.1, -0.05) is 13.8 Å². The van der Waals surface area contributed by atoms with Gasteiger partial charge in [-0.05, 0) is 22.4 Å². The van der Waals surface area contributed by atoms with E-state index in [1.54, 1.807) is 6.92 Å². The highest BCUT2D eigenvalue weighted by Gasteiger charge is 2.25. The number of aliphatic hydroxyl groups is 1. The van der Waals surface area contributed by atoms with Gasteiger partial charge in [0.25, 0.3) is 5.69 Å². The van der Waals surface area contributed by atoms with Gasteiger partial charge in [0.2, 0.25) is 0 Å². The van der Waals surface area contributed by atoms with Crippen molar-refractivity contribution in [3.05, 3.63) is 32.5 Å². The summed E-state index contributed by atoms with van der Waals surface area (Å²) in [7, 11) is 0. The number of rotatable bonds is 4. The number of pyridine rings is 1. The molecule has 0 amide bonds. The summed E-state index contributed by atoms with van der Waals surface area (Å²) >= 11 is 3.14. The molecule has 1 N–H and O–H groups in total. The quantitative estimate of drug-likeness (QED) is 0.682. The number of aliphatic hydroxyl groups excluding tert-OH is 1. The molecule has 2 atom stereocenters. The van der Waals surface area contributed by atoms with Crippen LogP contribution in [0.1, 0.15) is 31.9 Å². The Labute approximate surface area is 102 Å². The normalized spacial score (nSPS) is 14.5. The molecule has 0 spiro atoms. The van der Waals surface area contributed by atoms with Crippen molar-refractivity contribution in [3.8, 4) is 0 Å². The molecule has 1 heterocycles. The Morgan fingerprint density at radius 2 is 2.31 bits per heavy atom. The fraction of sp³-hybridized carbons (Fsp3) is 0.500. The van der Waals surface area contributed by atoms with Gasteiger partial charge in [-0.25, -0.2) is 0 Å². The highest BCUT2D eigenvalue weighted by Crippen LogP contribution is 2.29. The molecule has 5 nitrogen and oxygen atoms in total. The maximum absolute atomic E-state index is 10.9. The van der Waals surface area contributed by atoms with Crippen LogP contribution in [0.3, 0.4) is 0 Å². The molecule has 1 aromatic heterocycles. The van der Waals surface area contributed by atoms with Crippen LogP contribution in [0.5, 0.6) is 0 Å². The van der Waals surface area contributed by atoms with E-state index in [2.05, 4.69) is 20.9 Å². The van der Waals surface area contributed by atoms with Gasteiger partial charge in [-0.15, -0.1) is 0 Å². The maximum Gasteiger partial charge on any atom is 0.292 e. The summed E-state index contributed by atoms with van der Waals surface area (Å²) < 4.78 is 0.557. The molecule has 0 saturated heterocycles. The molecule has 16 heavy (non-hydrogen) atoms. The predicted molar refractivity (Wildman–Crippen MR) is 63.3 cm³/mol. The van der Waals surface area contributed by atoms with Gasteiger partial charge in [0.05, 0.1) is 11.0 Å². The minimum atomic E-state index is -0.618. The molecule has 0 aliphatic heterocycles. The van der Waals surface area contributed by atoms with E-state index < -0.39 is 11.0 Å². The molecule has 1 rings (SSSR count). The van der Waals surface area contributed by atoms with Crippen molar-refractivity contribution in [3.63, 3.8) is 0 Å². The minimum Gasteiger partial charge on any atom is -0.392 e. The lowest BCUT2D eigenvalue weighted by Crippen LogP contribution is -2.17. The Balaban J connectivity index is 3.17. The second-order valence-corrected chi connectivity index (χ2v) is 4.49. The highest BCUT2D eigenvalue weighted by atomic mass is 79.9. The summed E-state index contributed by atoms with van der Waals surface area (Å²) in [6, 6.07) is 1.40. The molecule has 2 unspecified atom stereocenters. The predicted octanol–water partition coefficient (Wildman–Crippen LogP) is 2.63. The standard InChI is InChI=1S/C10H13BrN2O3/c1-3-9(14)6(2)10-8(13(15)16)4-7(11)5-12-10/h4-6,9,14H,3H2,1-2H3. The molecule has 0 fully saturated rings. The average molecular weight is 289 g/mol. The molecule has 0 aliphatic rings. The second-order valence-electron chi connectivity index (χ2n) is 3.58. The van der Waals surface area contributed by atoms with Crippen LogP contribution in [0.2, 0.25) is 0 Å². The molecule has 88 valence electrons. The van der Waals surface area contributed by atoms with Crippen LogP contribution in [0, 0.1) is 10.1 Å². The van der Waals surface area contributed by atoms with Crippen molar-refractivity contribution in [2.75, 3.05) is 0 Å². The third-order valence-corrected chi connectivity index (χ3v) is 2.92. The summed E-state index contributed by atoms with van der Waals surface area (Å²) in [4.78, 5) is 14.4. The summed E-state index contributed by atoms with van der Waals surface area (Å²) in [6.07, 6.45) is 1.42. The van der Waals surface area contributed by atoms with Crippen molar-refractivity contribution in [2.45, 2.75) is 32.3 Å². The van der Waals surface area contributed by atoms with Gasteiger partial charge in [0.1, 0.15) is 5.69 Å². The van der Waals surface area contributed by atoms with Crippen molar-refractivity contribution >= 4 is 21.6 Å². The van der Waals surface area contributed by atoms with E-state index in [4.69, 9.17) is 0 Å². The smallest absolute Gasteiger partial charge is 0.292 e. The third-order valence-electron chi connectivity index (χ3n) is 2.49. The first-order chi connectivity index (χ1) is 7.47. The van der Waals surface area contributed by atoms with Gasteiger partial charge >= 0.3 is 0 Å². The lowest BCUT2D eigenvalue weighted by molar-refractivity contribution is -0.386. The molecule has 0 aliphatic carbocycles. The zero-order valence-corrected chi connectivity index (χ0v) is 10.6. The number of hydrogen-bond donors (Lipinski definition) is 1. The second kappa shape index (κ2) is 5.36. The van der Waals surface area contributed by atoms with Gasteiger partial charge in [-0.3, -0.25) is 15.1 Å². The number of nitrogens with zero attached hydrogens (tertiary/aromatic N) is 2. The highest BCUT2D eigenvalue weighted by molar-refractivity contribution is 9.10. The average Bonchev–Trinajstić information content (AvgIpc) is 2.26. The van der Waals surface area contributed by atoms with Gasteiger partial charge in [-0.2, -0.15) is 0 Å². The fourth-order valence-corrected chi connectivity index (χ4v) is 1.79. The Hall–Kier alpha value is -1.01. The SMILES string of the molecule is CCC(O)C(C)c1ncc(Br)cc1[N+](=O)[O-]. The van der Waals surface area contributed by atoms with E-state index in [0.29, 0.717) is 16.6 Å². The first-order valence-electron chi connectivity index (χ1n) is 4.95. The van der Waals surface area contributed by atoms with Crippen molar-refractivity contribution in [1.29, 1.82) is 0 Å². The Morgan fingerprint density at radius 1 is 1.69 bits per heavy atom. The Bertz CT molecular complexity index is 398. The minimum absolute atomic E-state index is 0.0608. The van der Waals surface area contributed by atoms with Crippen molar-refractivity contribution < 1.29 is 10.0 Å². The zero-order valence-electron chi connectivity index (χ0n) is 9.05. The van der Waals surface area contributed by atoms with E-state index in [1.165, 1.54) is 12.3 Å². The maximum atomic E-state index is 10.9.